The number of hydrogen-bond donors (Lipinski definition) is 2. The monoisotopic (exact) mass is 449 g/mol. The minimum Gasteiger partial charge on any atom is -0.378 e. The number of nitrogens with zero attached hydrogens (tertiary/aromatic N) is 1. The fraction of sp³-hybridized carbons (Fsp3) is 0.385. The van der Waals surface area contributed by atoms with Crippen LogP contribution < -0.4 is 10.7 Å². The van der Waals surface area contributed by atoms with Gasteiger partial charge in [-0.15, -0.1) is 0 Å². The second kappa shape index (κ2) is 8.72. The van der Waals surface area contributed by atoms with Gasteiger partial charge in [-0.25, -0.2) is 9.82 Å². The molecule has 3 aliphatic rings. The number of hydrazone groups is 1. The van der Waals surface area contributed by atoms with E-state index in [0.717, 1.165) is 28.9 Å². The largest absolute Gasteiger partial charge is 0.378 e. The van der Waals surface area contributed by atoms with Crippen LogP contribution in [-0.2, 0) is 14.3 Å². The standard InChI is InChI=1S/C26H28FN3O3/c1-16(29-30-24(31)15-26(2)32-12-13-33-26)18-8-11-23-22(14-18)20-4-3-5-21(20)25(28-23)17-6-9-19(27)10-7-17/h3-4,6-11,14,20-21,25,28H,5,12-13,15H2,1-2H3,(H,30,31)/b29-16-/t20-,21+,25+/m1/s1. The van der Waals surface area contributed by atoms with Crippen LogP contribution in [0.4, 0.5) is 10.1 Å². The Hall–Kier alpha value is -3.03. The maximum atomic E-state index is 13.4. The summed E-state index contributed by atoms with van der Waals surface area (Å²) in [5, 5.41) is 7.97. The van der Waals surface area contributed by atoms with Gasteiger partial charge in [0.15, 0.2) is 5.79 Å². The molecule has 7 heteroatoms. The second-order valence-electron chi connectivity index (χ2n) is 9.07. The van der Waals surface area contributed by atoms with E-state index in [-0.39, 0.29) is 30.1 Å². The topological polar surface area (TPSA) is 72.0 Å². The zero-order valence-corrected chi connectivity index (χ0v) is 18.8. The van der Waals surface area contributed by atoms with E-state index < -0.39 is 5.79 Å². The van der Waals surface area contributed by atoms with Crippen molar-refractivity contribution in [2.24, 2.45) is 11.0 Å². The van der Waals surface area contributed by atoms with E-state index in [9.17, 15) is 9.18 Å². The summed E-state index contributed by atoms with van der Waals surface area (Å²) in [4.78, 5) is 12.3. The Labute approximate surface area is 192 Å². The molecule has 1 fully saturated rings. The minimum atomic E-state index is -0.879. The number of halogens is 1. The van der Waals surface area contributed by atoms with Gasteiger partial charge in [0, 0.05) is 11.6 Å². The van der Waals surface area contributed by atoms with Crippen LogP contribution in [0.1, 0.15) is 55.3 Å². The Bertz CT molecular complexity index is 1110. The minimum absolute atomic E-state index is 0.0945. The van der Waals surface area contributed by atoms with Crippen molar-refractivity contribution in [3.05, 3.63) is 77.1 Å². The molecule has 2 aromatic carbocycles. The second-order valence-corrected chi connectivity index (χ2v) is 9.07. The molecule has 2 aliphatic heterocycles. The quantitative estimate of drug-likeness (QED) is 0.396. The molecular weight excluding hydrogens is 421 g/mol. The van der Waals surface area contributed by atoms with Gasteiger partial charge in [0.2, 0.25) is 5.91 Å². The van der Waals surface area contributed by atoms with Crippen LogP contribution in [0.25, 0.3) is 0 Å². The predicted molar refractivity (Wildman–Crippen MR) is 124 cm³/mol. The highest BCUT2D eigenvalue weighted by Crippen LogP contribution is 2.49. The van der Waals surface area contributed by atoms with Crippen molar-refractivity contribution in [2.75, 3.05) is 18.5 Å². The number of anilines is 1. The Morgan fingerprint density at radius 3 is 2.73 bits per heavy atom. The summed E-state index contributed by atoms with van der Waals surface area (Å²) in [5.74, 6) is -0.715. The molecule has 1 amide bonds. The van der Waals surface area contributed by atoms with Crippen LogP contribution in [-0.4, -0.2) is 30.6 Å². The first kappa shape index (κ1) is 21.8. The van der Waals surface area contributed by atoms with Gasteiger partial charge >= 0.3 is 0 Å². The van der Waals surface area contributed by atoms with Gasteiger partial charge in [-0.05, 0) is 67.1 Å². The molecule has 0 aromatic heterocycles. The molecule has 0 radical (unpaired) electrons. The van der Waals surface area contributed by atoms with E-state index in [4.69, 9.17) is 9.47 Å². The molecule has 3 atom stereocenters. The molecule has 2 aromatic rings. The molecular formula is C26H28FN3O3. The Morgan fingerprint density at radius 2 is 1.97 bits per heavy atom. The maximum Gasteiger partial charge on any atom is 0.245 e. The summed E-state index contributed by atoms with van der Waals surface area (Å²) in [6, 6.07) is 13.1. The Balaban J connectivity index is 1.33. The highest BCUT2D eigenvalue weighted by molar-refractivity contribution is 6.00. The fourth-order valence-electron chi connectivity index (χ4n) is 5.02. The van der Waals surface area contributed by atoms with Crippen molar-refractivity contribution in [3.8, 4) is 0 Å². The van der Waals surface area contributed by atoms with Gasteiger partial charge in [0.05, 0.1) is 31.4 Å². The van der Waals surface area contributed by atoms with Gasteiger partial charge in [-0.1, -0.05) is 30.4 Å². The first-order valence-corrected chi connectivity index (χ1v) is 11.4. The van der Waals surface area contributed by atoms with Crippen molar-refractivity contribution < 1.29 is 18.7 Å². The van der Waals surface area contributed by atoms with Gasteiger partial charge in [0.25, 0.3) is 0 Å². The highest BCUT2D eigenvalue weighted by atomic mass is 19.1. The van der Waals surface area contributed by atoms with E-state index in [1.165, 1.54) is 17.7 Å². The van der Waals surface area contributed by atoms with E-state index >= 15 is 0 Å². The highest BCUT2D eigenvalue weighted by Gasteiger charge is 2.38. The van der Waals surface area contributed by atoms with Gasteiger partial charge in [-0.3, -0.25) is 4.79 Å². The first-order chi connectivity index (χ1) is 15.9. The first-order valence-electron chi connectivity index (χ1n) is 11.4. The third-order valence-electron chi connectivity index (χ3n) is 6.74. The summed E-state index contributed by atoms with van der Waals surface area (Å²) in [7, 11) is 0. The van der Waals surface area contributed by atoms with Gasteiger partial charge in [-0.2, -0.15) is 5.10 Å². The number of amides is 1. The SMILES string of the molecule is C/C(=N/NC(=O)CC1(C)OCCO1)c1ccc2c(c1)[C@@H]1C=CC[C@@H]1[C@H](c1ccc(F)cc1)N2. The predicted octanol–water partition coefficient (Wildman–Crippen LogP) is 4.65. The van der Waals surface area contributed by atoms with Crippen molar-refractivity contribution in [1.82, 2.24) is 5.43 Å². The molecule has 0 saturated carbocycles. The molecule has 6 nitrogen and oxygen atoms in total. The van der Waals surface area contributed by atoms with E-state index in [1.807, 2.05) is 25.1 Å². The average molecular weight is 450 g/mol. The van der Waals surface area contributed by atoms with E-state index in [1.54, 1.807) is 6.92 Å². The molecule has 0 spiro atoms. The normalized spacial score (nSPS) is 25.3. The lowest BCUT2D eigenvalue weighted by Gasteiger charge is -2.37. The van der Waals surface area contributed by atoms with Crippen LogP contribution in [0, 0.1) is 11.7 Å². The number of nitrogens with one attached hydrogen (secondary N) is 2. The third-order valence-corrected chi connectivity index (χ3v) is 6.74. The number of hydrogen-bond acceptors (Lipinski definition) is 5. The van der Waals surface area contributed by atoms with Gasteiger partial charge in [0.1, 0.15) is 5.82 Å². The van der Waals surface area contributed by atoms with Crippen molar-refractivity contribution in [2.45, 2.75) is 44.4 Å². The molecule has 5 rings (SSSR count). The molecule has 0 bridgehead atoms. The Kier molecular flexibility index (Phi) is 5.76. The zero-order chi connectivity index (χ0) is 23.0. The number of carbonyl (C=O) groups is 1. The van der Waals surface area contributed by atoms with Gasteiger partial charge < -0.3 is 14.8 Å². The lowest BCUT2D eigenvalue weighted by Crippen LogP contribution is -2.33. The smallest absolute Gasteiger partial charge is 0.245 e. The van der Waals surface area contributed by atoms with Crippen LogP contribution in [0.5, 0.6) is 0 Å². The maximum absolute atomic E-state index is 13.4. The van der Waals surface area contributed by atoms with Crippen LogP contribution in [0.3, 0.4) is 0 Å². The van der Waals surface area contributed by atoms with Crippen LogP contribution >= 0.6 is 0 Å². The fourth-order valence-corrected chi connectivity index (χ4v) is 5.02. The van der Waals surface area contributed by atoms with E-state index in [0.29, 0.717) is 19.1 Å². The Morgan fingerprint density at radius 1 is 1.21 bits per heavy atom. The van der Waals surface area contributed by atoms with Crippen molar-refractivity contribution >= 4 is 17.3 Å². The lowest BCUT2D eigenvalue weighted by atomic mass is 9.76. The number of ether oxygens (including phenoxy) is 2. The summed E-state index contributed by atoms with van der Waals surface area (Å²) < 4.78 is 24.4. The van der Waals surface area contributed by atoms with Crippen molar-refractivity contribution in [1.29, 1.82) is 0 Å². The number of rotatable bonds is 5. The third kappa shape index (κ3) is 4.43. The van der Waals surface area contributed by atoms with Crippen LogP contribution in [0.2, 0.25) is 0 Å². The molecule has 33 heavy (non-hydrogen) atoms. The average Bonchev–Trinajstić information content (AvgIpc) is 3.47. The summed E-state index contributed by atoms with van der Waals surface area (Å²) in [5.41, 5.74) is 7.68. The summed E-state index contributed by atoms with van der Waals surface area (Å²) >= 11 is 0. The van der Waals surface area contributed by atoms with E-state index in [2.05, 4.69) is 40.1 Å². The molecule has 0 unspecified atom stereocenters. The van der Waals surface area contributed by atoms with Crippen molar-refractivity contribution in [3.63, 3.8) is 0 Å². The molecule has 172 valence electrons. The number of allylic oxidation sites excluding steroid dienone is 2. The molecule has 1 saturated heterocycles. The number of fused-ring (bicyclic) bond motifs is 3. The lowest BCUT2D eigenvalue weighted by molar-refractivity contribution is -0.159. The summed E-state index contributed by atoms with van der Waals surface area (Å²) in [6.07, 6.45) is 5.55. The summed E-state index contributed by atoms with van der Waals surface area (Å²) in [6.45, 7) is 4.63. The number of benzene rings is 2. The zero-order valence-electron chi connectivity index (χ0n) is 18.8. The molecule has 1 aliphatic carbocycles. The molecule has 2 heterocycles. The number of carbonyl (C=O) groups excluding carboxylic acids is 1. The molecule has 2 N–H and O–H groups in total. The van der Waals surface area contributed by atoms with Crippen LogP contribution in [0.15, 0.2) is 59.7 Å².